The minimum Gasteiger partial charge on any atom is -0.381 e. The van der Waals surface area contributed by atoms with E-state index in [1.165, 1.54) is 0 Å². The van der Waals surface area contributed by atoms with E-state index >= 15 is 0 Å². The molecule has 0 radical (unpaired) electrons. The van der Waals surface area contributed by atoms with Gasteiger partial charge in [0.1, 0.15) is 10.7 Å². The predicted octanol–water partition coefficient (Wildman–Crippen LogP) is 1.16. The number of carbonyl (C=O) groups excluding carboxylic acids is 1. The van der Waals surface area contributed by atoms with E-state index in [0.29, 0.717) is 12.5 Å². The van der Waals surface area contributed by atoms with Crippen LogP contribution in [0, 0.1) is 0 Å². The number of rotatable bonds is 4. The molecule has 3 N–H and O–H groups in total. The molecule has 1 atom stereocenters. The number of Topliss-reactive ketones (excluding diaryl/α,β-unsaturated/α-hetero) is 1. The summed E-state index contributed by atoms with van der Waals surface area (Å²) in [5.74, 6) is -0.103. The Balaban J connectivity index is 2.56. The predicted molar refractivity (Wildman–Crippen MR) is 77.3 cm³/mol. The normalized spacial score (nSPS) is 19.5. The van der Waals surface area contributed by atoms with Crippen LogP contribution in [-0.4, -0.2) is 34.2 Å². The number of hydrogen-bond donors (Lipinski definition) is 2. The minimum atomic E-state index is -5.81. The maximum absolute atomic E-state index is 12.9. The molecule has 0 bridgehead atoms. The van der Waals surface area contributed by atoms with Gasteiger partial charge in [-0.05, 0) is 24.6 Å². The van der Waals surface area contributed by atoms with Crippen molar-refractivity contribution in [3.05, 3.63) is 18.2 Å². The largest absolute Gasteiger partial charge is 0.501 e. The van der Waals surface area contributed by atoms with E-state index in [0.717, 1.165) is 12.1 Å². The Hall–Kier alpha value is -1.66. The first-order valence-electron chi connectivity index (χ1n) is 6.59. The molecule has 2 rings (SSSR count). The molecule has 0 unspecified atom stereocenters. The van der Waals surface area contributed by atoms with Gasteiger partial charge in [0.05, 0.1) is 10.6 Å². The number of sulfone groups is 1. The fourth-order valence-corrected chi connectivity index (χ4v) is 3.87. The second kappa shape index (κ2) is 6.01. The van der Waals surface area contributed by atoms with E-state index in [1.807, 2.05) is 0 Å². The van der Waals surface area contributed by atoms with Gasteiger partial charge < -0.3 is 5.32 Å². The second-order valence-electron chi connectivity index (χ2n) is 5.27. The van der Waals surface area contributed by atoms with Crippen molar-refractivity contribution in [1.82, 2.24) is 0 Å². The number of sulfonamides is 1. The summed E-state index contributed by atoms with van der Waals surface area (Å²) in [6, 6.07) is 1.61. The number of primary sulfonamides is 1. The highest BCUT2D eigenvalue weighted by molar-refractivity contribution is 7.92. The number of ketones is 1. The molecule has 1 saturated carbocycles. The summed E-state index contributed by atoms with van der Waals surface area (Å²) in [5.41, 5.74) is -6.05. The third-order valence-electron chi connectivity index (χ3n) is 3.48. The topological polar surface area (TPSA) is 123 Å². The monoisotopic (exact) mass is 386 g/mol. The zero-order valence-electron chi connectivity index (χ0n) is 12.0. The maximum atomic E-state index is 12.9. The highest BCUT2D eigenvalue weighted by atomic mass is 32.2. The standard InChI is InChI=1S/C12H13F3N2O5S2/c13-12(14,15)23(19,20)11-6-9(24(16,21)22)3-4-10(11)17-7-1-2-8(18)5-7/h3-4,6-7,17H,1-2,5H2,(H2,16,21,22)/t7-/m0/s1. The Morgan fingerprint density at radius 2 is 1.79 bits per heavy atom. The van der Waals surface area contributed by atoms with Crippen LogP contribution >= 0.6 is 0 Å². The average molecular weight is 386 g/mol. The van der Waals surface area contributed by atoms with Gasteiger partial charge in [0.15, 0.2) is 0 Å². The molecule has 1 aliphatic carbocycles. The van der Waals surface area contributed by atoms with E-state index in [-0.39, 0.29) is 18.6 Å². The summed E-state index contributed by atoms with van der Waals surface area (Å²) in [6.45, 7) is 0. The molecule has 1 aromatic rings. The Morgan fingerprint density at radius 1 is 1.17 bits per heavy atom. The Kier molecular flexibility index (Phi) is 4.67. The number of benzene rings is 1. The molecule has 0 heterocycles. The van der Waals surface area contributed by atoms with Crippen LogP contribution in [-0.2, 0) is 24.7 Å². The van der Waals surface area contributed by atoms with Crippen LogP contribution in [0.1, 0.15) is 19.3 Å². The van der Waals surface area contributed by atoms with Crippen LogP contribution in [0.4, 0.5) is 18.9 Å². The fourth-order valence-electron chi connectivity index (χ4n) is 2.30. The Labute approximate surface area is 136 Å². The van der Waals surface area contributed by atoms with Crippen molar-refractivity contribution in [2.24, 2.45) is 5.14 Å². The van der Waals surface area contributed by atoms with Crippen LogP contribution in [0.5, 0.6) is 0 Å². The molecule has 24 heavy (non-hydrogen) atoms. The first-order chi connectivity index (χ1) is 10.8. The summed E-state index contributed by atoms with van der Waals surface area (Å²) >= 11 is 0. The van der Waals surface area contributed by atoms with Crippen molar-refractivity contribution in [3.63, 3.8) is 0 Å². The van der Waals surface area contributed by atoms with Crippen LogP contribution in [0.25, 0.3) is 0 Å². The van der Waals surface area contributed by atoms with Crippen LogP contribution in [0.3, 0.4) is 0 Å². The second-order valence-corrected chi connectivity index (χ2v) is 8.75. The summed E-state index contributed by atoms with van der Waals surface area (Å²) in [4.78, 5) is 9.22. The summed E-state index contributed by atoms with van der Waals surface area (Å²) < 4.78 is 84.6. The minimum absolute atomic E-state index is 0.0441. The number of nitrogens with one attached hydrogen (secondary N) is 1. The van der Waals surface area contributed by atoms with Crippen LogP contribution < -0.4 is 10.5 Å². The zero-order valence-corrected chi connectivity index (χ0v) is 13.6. The van der Waals surface area contributed by atoms with Crippen molar-refractivity contribution in [3.8, 4) is 0 Å². The number of anilines is 1. The molecule has 7 nitrogen and oxygen atoms in total. The molecule has 0 aliphatic heterocycles. The molecule has 0 aromatic heterocycles. The van der Waals surface area contributed by atoms with Gasteiger partial charge in [-0.2, -0.15) is 13.2 Å². The van der Waals surface area contributed by atoms with Gasteiger partial charge in [-0.1, -0.05) is 0 Å². The lowest BCUT2D eigenvalue weighted by atomic mass is 10.2. The number of alkyl halides is 3. The lowest BCUT2D eigenvalue weighted by Gasteiger charge is -2.18. The van der Waals surface area contributed by atoms with Gasteiger partial charge in [0.25, 0.3) is 9.84 Å². The average Bonchev–Trinajstić information content (AvgIpc) is 2.82. The SMILES string of the molecule is NS(=O)(=O)c1ccc(N[C@H]2CCC(=O)C2)c(S(=O)(=O)C(F)(F)F)c1. The molecule has 12 heteroatoms. The molecule has 134 valence electrons. The zero-order chi connectivity index (χ0) is 18.3. The highest BCUT2D eigenvalue weighted by Crippen LogP contribution is 2.36. The first-order valence-corrected chi connectivity index (χ1v) is 9.62. The van der Waals surface area contributed by atoms with Gasteiger partial charge in [0.2, 0.25) is 10.0 Å². The van der Waals surface area contributed by atoms with Gasteiger partial charge in [0, 0.05) is 18.9 Å². The van der Waals surface area contributed by atoms with Crippen LogP contribution in [0.2, 0.25) is 0 Å². The molecule has 0 spiro atoms. The first kappa shape index (κ1) is 18.7. The summed E-state index contributed by atoms with van der Waals surface area (Å²) in [5, 5.41) is 7.40. The van der Waals surface area contributed by atoms with E-state index in [1.54, 1.807) is 0 Å². The van der Waals surface area contributed by atoms with Crippen LogP contribution in [0.15, 0.2) is 28.0 Å². The number of carbonyl (C=O) groups is 1. The lowest BCUT2D eigenvalue weighted by Crippen LogP contribution is -2.26. The van der Waals surface area contributed by atoms with Crippen molar-refractivity contribution in [2.75, 3.05) is 5.32 Å². The van der Waals surface area contributed by atoms with E-state index in [9.17, 15) is 34.8 Å². The fraction of sp³-hybridized carbons (Fsp3) is 0.417. The molecular weight excluding hydrogens is 373 g/mol. The van der Waals surface area contributed by atoms with Crippen molar-refractivity contribution in [2.45, 2.75) is 40.6 Å². The van der Waals surface area contributed by atoms with Gasteiger partial charge in [-0.3, -0.25) is 4.79 Å². The van der Waals surface area contributed by atoms with E-state index in [4.69, 9.17) is 5.14 Å². The van der Waals surface area contributed by atoms with Gasteiger partial charge in [-0.25, -0.2) is 22.0 Å². The third-order valence-corrected chi connectivity index (χ3v) is 5.92. The quantitative estimate of drug-likeness (QED) is 0.800. The summed E-state index contributed by atoms with van der Waals surface area (Å²) in [7, 11) is -10.2. The molecular formula is C12H13F3N2O5S2. The number of halogens is 3. The molecule has 1 aromatic carbocycles. The van der Waals surface area contributed by atoms with Gasteiger partial charge >= 0.3 is 5.51 Å². The highest BCUT2D eigenvalue weighted by Gasteiger charge is 2.48. The lowest BCUT2D eigenvalue weighted by molar-refractivity contribution is -0.117. The number of hydrogen-bond acceptors (Lipinski definition) is 6. The van der Waals surface area contributed by atoms with Gasteiger partial charge in [-0.15, -0.1) is 0 Å². The number of nitrogens with two attached hydrogens (primary N) is 1. The third kappa shape index (κ3) is 3.70. The smallest absolute Gasteiger partial charge is 0.381 e. The van der Waals surface area contributed by atoms with Crippen molar-refractivity contribution < 1.29 is 34.8 Å². The Morgan fingerprint density at radius 3 is 2.25 bits per heavy atom. The Bertz CT molecular complexity index is 878. The molecule has 1 aliphatic rings. The van der Waals surface area contributed by atoms with Crippen molar-refractivity contribution >= 4 is 31.3 Å². The van der Waals surface area contributed by atoms with E-state index < -0.39 is 46.9 Å². The summed E-state index contributed by atoms with van der Waals surface area (Å²) in [6.07, 6.45) is 0.609. The molecule has 1 fully saturated rings. The molecule has 0 amide bonds. The maximum Gasteiger partial charge on any atom is 0.501 e. The molecule has 0 saturated heterocycles. The van der Waals surface area contributed by atoms with E-state index in [2.05, 4.69) is 5.32 Å². The van der Waals surface area contributed by atoms with Crippen molar-refractivity contribution in [1.29, 1.82) is 0 Å².